The van der Waals surface area contributed by atoms with Gasteiger partial charge in [-0.25, -0.2) is 9.97 Å². The van der Waals surface area contributed by atoms with Crippen LogP contribution >= 0.6 is 0 Å². The lowest BCUT2D eigenvalue weighted by molar-refractivity contribution is -0.150. The van der Waals surface area contributed by atoms with Crippen LogP contribution in [-0.4, -0.2) is 62.7 Å². The van der Waals surface area contributed by atoms with Gasteiger partial charge in [-0.2, -0.15) is 13.2 Å². The molecule has 1 fully saturated rings. The molecule has 1 aliphatic heterocycles. The van der Waals surface area contributed by atoms with Crippen LogP contribution in [0, 0.1) is 0 Å². The Labute approximate surface area is 152 Å². The van der Waals surface area contributed by atoms with Gasteiger partial charge in [-0.05, 0) is 12.1 Å². The average Bonchev–Trinajstić information content (AvgIpc) is 2.65. The van der Waals surface area contributed by atoms with Gasteiger partial charge in [-0.15, -0.1) is 0 Å². The van der Waals surface area contributed by atoms with Gasteiger partial charge in [0.1, 0.15) is 36.4 Å². The number of hydrogen-bond donors (Lipinski definition) is 3. The second-order valence-corrected chi connectivity index (χ2v) is 5.86. The molecule has 8 nitrogen and oxygen atoms in total. The van der Waals surface area contributed by atoms with E-state index in [-0.39, 0.29) is 24.9 Å². The van der Waals surface area contributed by atoms with E-state index in [1.54, 1.807) is 0 Å². The Morgan fingerprint density at radius 1 is 1.22 bits per heavy atom. The predicted molar refractivity (Wildman–Crippen MR) is 85.9 cm³/mol. The molecule has 0 spiro atoms. The first-order valence-corrected chi connectivity index (χ1v) is 8.02. The minimum atomic E-state index is -4.58. The van der Waals surface area contributed by atoms with Crippen molar-refractivity contribution in [3.63, 3.8) is 0 Å². The lowest BCUT2D eigenvalue weighted by Gasteiger charge is -2.37. The molecule has 4 atom stereocenters. The molecule has 0 unspecified atom stereocenters. The van der Waals surface area contributed by atoms with Crippen molar-refractivity contribution in [2.75, 3.05) is 18.5 Å². The van der Waals surface area contributed by atoms with Crippen molar-refractivity contribution >= 4 is 5.82 Å². The minimum absolute atomic E-state index is 0.0648. The van der Waals surface area contributed by atoms with Crippen molar-refractivity contribution < 1.29 is 32.9 Å². The summed E-state index contributed by atoms with van der Waals surface area (Å²) in [6.45, 7) is -0.143. The fourth-order valence-corrected chi connectivity index (χ4v) is 2.55. The summed E-state index contributed by atoms with van der Waals surface area (Å²) in [6, 6.07) is 2.52. The molecular weight excluding hydrogens is 369 g/mol. The molecule has 3 N–H and O–H groups in total. The first-order valence-electron chi connectivity index (χ1n) is 8.02. The number of hydrogen-bond acceptors (Lipinski definition) is 8. The van der Waals surface area contributed by atoms with Crippen molar-refractivity contribution in [2.45, 2.75) is 30.5 Å². The maximum absolute atomic E-state index is 12.7. The first-order chi connectivity index (χ1) is 12.8. The fourth-order valence-electron chi connectivity index (χ4n) is 2.55. The molecule has 1 saturated heterocycles. The van der Waals surface area contributed by atoms with E-state index in [0.29, 0.717) is 0 Å². The Morgan fingerprint density at radius 3 is 2.74 bits per heavy atom. The molecule has 0 aliphatic carbocycles. The molecule has 3 rings (SSSR count). The Balaban J connectivity index is 1.59. The molecule has 0 bridgehead atoms. The van der Waals surface area contributed by atoms with E-state index in [2.05, 4.69) is 20.3 Å². The second-order valence-electron chi connectivity index (χ2n) is 5.86. The van der Waals surface area contributed by atoms with E-state index in [4.69, 9.17) is 9.47 Å². The summed E-state index contributed by atoms with van der Waals surface area (Å²) in [5.41, 5.74) is -1.06. The number of nitrogens with one attached hydrogen (secondary N) is 1. The Morgan fingerprint density at radius 2 is 2.04 bits per heavy atom. The third-order valence-electron chi connectivity index (χ3n) is 3.94. The van der Waals surface area contributed by atoms with Crippen LogP contribution in [0.15, 0.2) is 36.8 Å². The SMILES string of the molecule is O[C@@H]1[C@H](O)[C@@H](Nc2cccc(C(F)(F)F)n2)CO[C@@H]1COc1cnccn1. The van der Waals surface area contributed by atoms with Crippen LogP contribution < -0.4 is 10.1 Å². The molecule has 146 valence electrons. The number of ether oxygens (including phenoxy) is 2. The van der Waals surface area contributed by atoms with Crippen LogP contribution in [0.5, 0.6) is 5.88 Å². The zero-order valence-electron chi connectivity index (χ0n) is 13.9. The highest BCUT2D eigenvalue weighted by molar-refractivity contribution is 5.37. The topological polar surface area (TPSA) is 110 Å². The molecule has 0 saturated carbocycles. The van der Waals surface area contributed by atoms with Crippen LogP contribution in [0.2, 0.25) is 0 Å². The molecule has 11 heteroatoms. The van der Waals surface area contributed by atoms with Crippen molar-refractivity contribution in [1.82, 2.24) is 15.0 Å². The average molecular weight is 386 g/mol. The van der Waals surface area contributed by atoms with Crippen LogP contribution in [-0.2, 0) is 10.9 Å². The van der Waals surface area contributed by atoms with Gasteiger partial charge in [0.05, 0.1) is 18.8 Å². The summed E-state index contributed by atoms with van der Waals surface area (Å²) in [6.07, 6.45) is -3.75. The number of halogens is 3. The maximum Gasteiger partial charge on any atom is 0.433 e. The highest BCUT2D eigenvalue weighted by atomic mass is 19.4. The molecular formula is C16H17F3N4O4. The normalized spacial score (nSPS) is 25.8. The number of anilines is 1. The summed E-state index contributed by atoms with van der Waals surface area (Å²) in [5.74, 6) is 0.148. The molecule has 2 aromatic rings. The van der Waals surface area contributed by atoms with Crippen molar-refractivity contribution in [1.29, 1.82) is 0 Å². The van der Waals surface area contributed by atoms with Gasteiger partial charge in [0, 0.05) is 12.4 Å². The van der Waals surface area contributed by atoms with E-state index >= 15 is 0 Å². The summed E-state index contributed by atoms with van der Waals surface area (Å²) in [4.78, 5) is 11.2. The first kappa shape index (κ1) is 19.3. The summed E-state index contributed by atoms with van der Waals surface area (Å²) >= 11 is 0. The van der Waals surface area contributed by atoms with E-state index < -0.39 is 36.2 Å². The number of nitrogens with zero attached hydrogens (tertiary/aromatic N) is 3. The van der Waals surface area contributed by atoms with Crippen LogP contribution in [0.1, 0.15) is 5.69 Å². The van der Waals surface area contributed by atoms with E-state index in [1.165, 1.54) is 30.7 Å². The standard InChI is InChI=1S/C16H17F3N4O4/c17-16(18,19)11-2-1-3-12(23-11)22-9-7-26-10(15(25)14(9)24)8-27-13-6-20-4-5-21-13/h1-6,9-10,14-15,24-25H,7-8H2,(H,22,23)/t9-,10+,14+,15-/m0/s1. The van der Waals surface area contributed by atoms with Crippen molar-refractivity contribution in [3.05, 3.63) is 42.5 Å². The molecule has 0 radical (unpaired) electrons. The van der Waals surface area contributed by atoms with Crippen LogP contribution in [0.4, 0.5) is 19.0 Å². The van der Waals surface area contributed by atoms with Gasteiger partial charge in [0.15, 0.2) is 0 Å². The zero-order chi connectivity index (χ0) is 19.4. The number of aromatic nitrogens is 3. The number of alkyl halides is 3. The van der Waals surface area contributed by atoms with Gasteiger partial charge in [-0.1, -0.05) is 6.07 Å². The molecule has 1 aliphatic rings. The van der Waals surface area contributed by atoms with Gasteiger partial charge in [0.2, 0.25) is 5.88 Å². The second kappa shape index (κ2) is 8.03. The van der Waals surface area contributed by atoms with E-state index in [1.807, 2.05) is 0 Å². The summed E-state index contributed by atoms with van der Waals surface area (Å²) < 4.78 is 49.0. The fraction of sp³-hybridized carbons (Fsp3) is 0.438. The number of aliphatic hydroxyl groups excluding tert-OH is 2. The molecule has 0 amide bonds. The van der Waals surface area contributed by atoms with Crippen LogP contribution in [0.3, 0.4) is 0 Å². The van der Waals surface area contributed by atoms with Crippen molar-refractivity contribution in [2.24, 2.45) is 0 Å². The molecule has 0 aromatic carbocycles. The third kappa shape index (κ3) is 4.81. The minimum Gasteiger partial charge on any atom is -0.474 e. The Kier molecular flexibility index (Phi) is 5.73. The monoisotopic (exact) mass is 386 g/mol. The van der Waals surface area contributed by atoms with Gasteiger partial charge in [0.25, 0.3) is 0 Å². The van der Waals surface area contributed by atoms with E-state index in [0.717, 1.165) is 6.07 Å². The van der Waals surface area contributed by atoms with E-state index in [9.17, 15) is 23.4 Å². The lowest BCUT2D eigenvalue weighted by atomic mass is 9.98. The smallest absolute Gasteiger partial charge is 0.433 e. The lowest BCUT2D eigenvalue weighted by Crippen LogP contribution is -2.57. The Hall–Kier alpha value is -2.50. The quantitative estimate of drug-likeness (QED) is 0.695. The van der Waals surface area contributed by atoms with Gasteiger partial charge >= 0.3 is 6.18 Å². The number of pyridine rings is 1. The summed E-state index contributed by atoms with van der Waals surface area (Å²) in [7, 11) is 0. The zero-order valence-corrected chi connectivity index (χ0v) is 13.9. The largest absolute Gasteiger partial charge is 0.474 e. The summed E-state index contributed by atoms with van der Waals surface area (Å²) in [5, 5.41) is 23.1. The predicted octanol–water partition coefficient (Wildman–Crippen LogP) is 0.870. The van der Waals surface area contributed by atoms with Gasteiger partial charge < -0.3 is 25.0 Å². The number of aliphatic hydroxyl groups is 2. The highest BCUT2D eigenvalue weighted by Gasteiger charge is 2.39. The Bertz CT molecular complexity index is 750. The van der Waals surface area contributed by atoms with Crippen LogP contribution in [0.25, 0.3) is 0 Å². The van der Waals surface area contributed by atoms with Crippen molar-refractivity contribution in [3.8, 4) is 5.88 Å². The third-order valence-corrected chi connectivity index (χ3v) is 3.94. The van der Waals surface area contributed by atoms with Gasteiger partial charge in [-0.3, -0.25) is 4.98 Å². The molecule has 27 heavy (non-hydrogen) atoms. The molecule has 2 aromatic heterocycles. The number of rotatable bonds is 5. The maximum atomic E-state index is 12.7. The molecule has 3 heterocycles. The highest BCUT2D eigenvalue weighted by Crippen LogP contribution is 2.28.